The fourth-order valence-electron chi connectivity index (χ4n) is 2.83. The van der Waals surface area contributed by atoms with Gasteiger partial charge in [-0.2, -0.15) is 5.10 Å². The lowest BCUT2D eigenvalue weighted by atomic mass is 10.2. The van der Waals surface area contributed by atoms with Crippen molar-refractivity contribution >= 4 is 17.0 Å². The Bertz CT molecular complexity index is 789. The van der Waals surface area contributed by atoms with E-state index in [0.717, 1.165) is 5.69 Å². The summed E-state index contributed by atoms with van der Waals surface area (Å²) >= 11 is 0. The van der Waals surface area contributed by atoms with Gasteiger partial charge in [0.25, 0.3) is 0 Å². The third-order valence-electron chi connectivity index (χ3n) is 3.67. The zero-order valence-corrected chi connectivity index (χ0v) is 11.9. The molecule has 0 saturated heterocycles. The predicted molar refractivity (Wildman–Crippen MR) is 78.4 cm³/mol. The van der Waals surface area contributed by atoms with E-state index in [1.54, 1.807) is 24.5 Å². The Hall–Kier alpha value is -2.63. The van der Waals surface area contributed by atoms with Gasteiger partial charge in [-0.25, -0.2) is 9.78 Å². The van der Waals surface area contributed by atoms with E-state index in [9.17, 15) is 9.90 Å². The summed E-state index contributed by atoms with van der Waals surface area (Å²) in [4.78, 5) is 15.9. The van der Waals surface area contributed by atoms with Gasteiger partial charge in [-0.15, -0.1) is 0 Å². The fraction of sp³-hybridized carbons (Fsp3) is 0.267. The van der Waals surface area contributed by atoms with Crippen molar-refractivity contribution in [3.8, 4) is 0 Å². The van der Waals surface area contributed by atoms with Crippen LogP contribution in [0.4, 0.5) is 0 Å². The number of rotatable bonds is 4. The van der Waals surface area contributed by atoms with Crippen LogP contribution in [0, 0.1) is 6.92 Å². The number of carboxylic acid groups (broad SMARTS) is 1. The van der Waals surface area contributed by atoms with Gasteiger partial charge in [0.15, 0.2) is 0 Å². The van der Waals surface area contributed by atoms with Crippen LogP contribution in [0.1, 0.15) is 29.0 Å². The Morgan fingerprint density at radius 1 is 1.38 bits per heavy atom. The van der Waals surface area contributed by atoms with Gasteiger partial charge >= 0.3 is 5.97 Å². The molecule has 3 rings (SSSR count). The SMILES string of the molecule is Cc1c(C(=O)O)c2cccnc2n1C(C)Cn1cccn1. The third kappa shape index (κ3) is 2.18. The lowest BCUT2D eigenvalue weighted by Crippen LogP contribution is -2.15. The zero-order valence-electron chi connectivity index (χ0n) is 11.9. The molecule has 21 heavy (non-hydrogen) atoms. The summed E-state index contributed by atoms with van der Waals surface area (Å²) in [5, 5.41) is 14.3. The van der Waals surface area contributed by atoms with E-state index in [4.69, 9.17) is 0 Å². The summed E-state index contributed by atoms with van der Waals surface area (Å²) in [7, 11) is 0. The number of nitrogens with zero attached hydrogens (tertiary/aromatic N) is 4. The van der Waals surface area contributed by atoms with E-state index in [1.165, 1.54) is 0 Å². The van der Waals surface area contributed by atoms with Crippen molar-refractivity contribution in [2.24, 2.45) is 0 Å². The lowest BCUT2D eigenvalue weighted by molar-refractivity contribution is 0.0698. The minimum absolute atomic E-state index is 0.0513. The van der Waals surface area contributed by atoms with Crippen LogP contribution in [0.3, 0.4) is 0 Å². The Morgan fingerprint density at radius 2 is 2.19 bits per heavy atom. The summed E-state index contributed by atoms with van der Waals surface area (Å²) in [6, 6.07) is 5.48. The number of hydrogen-bond donors (Lipinski definition) is 1. The second-order valence-corrected chi connectivity index (χ2v) is 5.09. The van der Waals surface area contributed by atoms with Crippen LogP contribution in [0.15, 0.2) is 36.8 Å². The van der Waals surface area contributed by atoms with Gasteiger partial charge in [0.05, 0.1) is 18.2 Å². The fourth-order valence-corrected chi connectivity index (χ4v) is 2.83. The first-order chi connectivity index (χ1) is 10.1. The molecule has 0 bridgehead atoms. The molecular formula is C15H16N4O2. The van der Waals surface area contributed by atoms with E-state index in [1.807, 2.05) is 35.4 Å². The van der Waals surface area contributed by atoms with Crippen LogP contribution < -0.4 is 0 Å². The Morgan fingerprint density at radius 3 is 2.86 bits per heavy atom. The normalized spacial score (nSPS) is 12.7. The topological polar surface area (TPSA) is 72.9 Å². The maximum absolute atomic E-state index is 11.5. The number of carboxylic acids is 1. The Labute approximate surface area is 121 Å². The predicted octanol–water partition coefficient (Wildman–Crippen LogP) is 2.50. The molecule has 6 nitrogen and oxygen atoms in total. The second-order valence-electron chi connectivity index (χ2n) is 5.09. The van der Waals surface area contributed by atoms with E-state index in [0.29, 0.717) is 23.1 Å². The summed E-state index contributed by atoms with van der Waals surface area (Å²) in [6.45, 7) is 4.52. The summed E-state index contributed by atoms with van der Waals surface area (Å²) in [6.07, 6.45) is 5.31. The Kier molecular flexibility index (Phi) is 3.21. The maximum Gasteiger partial charge on any atom is 0.338 e. The van der Waals surface area contributed by atoms with Crippen molar-refractivity contribution in [2.75, 3.05) is 0 Å². The van der Waals surface area contributed by atoms with Crippen LogP contribution in [-0.2, 0) is 6.54 Å². The molecule has 0 spiro atoms. The van der Waals surface area contributed by atoms with Crippen molar-refractivity contribution < 1.29 is 9.90 Å². The van der Waals surface area contributed by atoms with Gasteiger partial charge in [-0.05, 0) is 32.0 Å². The second kappa shape index (κ2) is 5.05. The molecule has 1 unspecified atom stereocenters. The van der Waals surface area contributed by atoms with Gasteiger partial charge in [-0.1, -0.05) is 0 Å². The molecule has 0 fully saturated rings. The number of carbonyl (C=O) groups is 1. The number of aromatic nitrogens is 4. The van der Waals surface area contributed by atoms with Crippen LogP contribution in [-0.4, -0.2) is 30.4 Å². The molecule has 6 heteroatoms. The average molecular weight is 284 g/mol. The van der Waals surface area contributed by atoms with Gasteiger partial charge < -0.3 is 9.67 Å². The highest BCUT2D eigenvalue weighted by molar-refractivity contribution is 6.04. The monoisotopic (exact) mass is 284 g/mol. The molecule has 1 atom stereocenters. The average Bonchev–Trinajstić information content (AvgIpc) is 3.02. The Balaban J connectivity index is 2.13. The molecule has 3 aromatic rings. The molecule has 3 aromatic heterocycles. The zero-order chi connectivity index (χ0) is 15.0. The molecule has 0 aliphatic carbocycles. The molecule has 108 valence electrons. The molecule has 0 aliphatic rings. The van der Waals surface area contributed by atoms with Gasteiger partial charge in [0.2, 0.25) is 0 Å². The first kappa shape index (κ1) is 13.4. The molecule has 0 aliphatic heterocycles. The van der Waals surface area contributed by atoms with Crippen molar-refractivity contribution in [2.45, 2.75) is 26.4 Å². The lowest BCUT2D eigenvalue weighted by Gasteiger charge is -2.17. The molecule has 0 radical (unpaired) electrons. The molecule has 0 amide bonds. The molecule has 0 aromatic carbocycles. The molecule has 0 saturated carbocycles. The smallest absolute Gasteiger partial charge is 0.338 e. The standard InChI is InChI=1S/C15H16N4O2/c1-10(9-18-8-4-7-17-18)19-11(2)13(15(20)21)12-5-3-6-16-14(12)19/h3-8,10H,9H2,1-2H3,(H,20,21). The van der Waals surface area contributed by atoms with Crippen molar-refractivity contribution in [1.29, 1.82) is 0 Å². The van der Waals surface area contributed by atoms with E-state index >= 15 is 0 Å². The largest absolute Gasteiger partial charge is 0.478 e. The summed E-state index contributed by atoms with van der Waals surface area (Å²) in [5.74, 6) is -0.921. The quantitative estimate of drug-likeness (QED) is 0.799. The summed E-state index contributed by atoms with van der Waals surface area (Å²) < 4.78 is 3.81. The highest BCUT2D eigenvalue weighted by Crippen LogP contribution is 2.28. The first-order valence-electron chi connectivity index (χ1n) is 6.76. The van der Waals surface area contributed by atoms with Crippen molar-refractivity contribution in [1.82, 2.24) is 19.3 Å². The number of hydrogen-bond acceptors (Lipinski definition) is 3. The van der Waals surface area contributed by atoms with Crippen LogP contribution in [0.25, 0.3) is 11.0 Å². The van der Waals surface area contributed by atoms with E-state index in [-0.39, 0.29) is 6.04 Å². The van der Waals surface area contributed by atoms with E-state index < -0.39 is 5.97 Å². The van der Waals surface area contributed by atoms with Crippen LogP contribution in [0.2, 0.25) is 0 Å². The molecule has 3 heterocycles. The minimum Gasteiger partial charge on any atom is -0.478 e. The number of pyridine rings is 1. The highest BCUT2D eigenvalue weighted by atomic mass is 16.4. The van der Waals surface area contributed by atoms with Gasteiger partial charge in [-0.3, -0.25) is 4.68 Å². The van der Waals surface area contributed by atoms with Crippen molar-refractivity contribution in [3.63, 3.8) is 0 Å². The van der Waals surface area contributed by atoms with E-state index in [2.05, 4.69) is 10.1 Å². The van der Waals surface area contributed by atoms with Gasteiger partial charge in [0, 0.05) is 29.7 Å². The van der Waals surface area contributed by atoms with Gasteiger partial charge in [0.1, 0.15) is 5.65 Å². The number of fused-ring (bicyclic) bond motifs is 1. The van der Waals surface area contributed by atoms with Crippen molar-refractivity contribution in [3.05, 3.63) is 48.0 Å². The minimum atomic E-state index is -0.921. The van der Waals surface area contributed by atoms with Crippen LogP contribution >= 0.6 is 0 Å². The molecular weight excluding hydrogens is 268 g/mol. The van der Waals surface area contributed by atoms with Crippen LogP contribution in [0.5, 0.6) is 0 Å². The first-order valence-corrected chi connectivity index (χ1v) is 6.76. The maximum atomic E-state index is 11.5. The molecule has 1 N–H and O–H groups in total. The summed E-state index contributed by atoms with van der Waals surface area (Å²) in [5.41, 5.74) is 1.74. The highest BCUT2D eigenvalue weighted by Gasteiger charge is 2.22. The number of aromatic carboxylic acids is 1. The third-order valence-corrected chi connectivity index (χ3v) is 3.67.